The Morgan fingerprint density at radius 2 is 2.00 bits per heavy atom. The van der Waals surface area contributed by atoms with Crippen molar-refractivity contribution < 1.29 is 14.3 Å². The zero-order chi connectivity index (χ0) is 13.9. The second-order valence-electron chi connectivity index (χ2n) is 3.75. The van der Waals surface area contributed by atoms with E-state index in [1.165, 1.54) is 12.0 Å². The molecule has 0 unspecified atom stereocenters. The molecule has 0 atom stereocenters. The van der Waals surface area contributed by atoms with Crippen molar-refractivity contribution in [1.29, 1.82) is 0 Å². The molecule has 0 aromatic carbocycles. The van der Waals surface area contributed by atoms with Crippen molar-refractivity contribution in [2.45, 2.75) is 0 Å². The summed E-state index contributed by atoms with van der Waals surface area (Å²) in [5.74, 6) is -0.598. The zero-order valence-electron chi connectivity index (χ0n) is 10.6. The van der Waals surface area contributed by atoms with Gasteiger partial charge in [0.25, 0.3) is 0 Å². The summed E-state index contributed by atoms with van der Waals surface area (Å²) in [5, 5.41) is 0.585. The van der Waals surface area contributed by atoms with Crippen molar-refractivity contribution in [3.63, 3.8) is 0 Å². The van der Waals surface area contributed by atoms with Crippen LogP contribution in [-0.4, -0.2) is 56.6 Å². The van der Waals surface area contributed by atoms with Crippen LogP contribution in [0, 0.1) is 0 Å². The molecule has 18 heavy (non-hydrogen) atoms. The summed E-state index contributed by atoms with van der Waals surface area (Å²) in [6, 6.07) is 0. The number of halogens is 1. The lowest BCUT2D eigenvalue weighted by molar-refractivity contribution is -0.127. The number of nitrogens with zero attached hydrogens (tertiary/aromatic N) is 3. The molecule has 0 aliphatic rings. The average molecular weight is 292 g/mol. The standard InChI is InChI=1S/C10H14ClN3O3S/c1-13(2)6(15)5-14(3)10-12-8(11)7(18-10)9(16)17-4/h5H2,1-4H3. The number of carbonyl (C=O) groups excluding carboxylic acids is 2. The Bertz CT molecular complexity index is 461. The highest BCUT2D eigenvalue weighted by molar-refractivity contribution is 7.18. The van der Waals surface area contributed by atoms with Gasteiger partial charge in [-0.3, -0.25) is 4.79 Å². The molecule has 8 heteroatoms. The van der Waals surface area contributed by atoms with Gasteiger partial charge >= 0.3 is 5.97 Å². The molecule has 0 aliphatic carbocycles. The fourth-order valence-corrected chi connectivity index (χ4v) is 2.24. The molecule has 1 heterocycles. The van der Waals surface area contributed by atoms with E-state index in [2.05, 4.69) is 9.72 Å². The second kappa shape index (κ2) is 6.01. The molecule has 0 saturated heterocycles. The van der Waals surface area contributed by atoms with Crippen LogP contribution >= 0.6 is 22.9 Å². The first kappa shape index (κ1) is 14.7. The molecule has 1 aromatic heterocycles. The minimum Gasteiger partial charge on any atom is -0.465 e. The lowest BCUT2D eigenvalue weighted by Gasteiger charge is -2.17. The fourth-order valence-electron chi connectivity index (χ4n) is 1.08. The molecule has 1 amide bonds. The van der Waals surface area contributed by atoms with Crippen LogP contribution in [0.4, 0.5) is 5.13 Å². The third-order valence-corrected chi connectivity index (χ3v) is 3.68. The Morgan fingerprint density at radius 1 is 1.39 bits per heavy atom. The van der Waals surface area contributed by atoms with E-state index in [4.69, 9.17) is 11.6 Å². The molecule has 0 saturated carbocycles. The number of hydrogen-bond donors (Lipinski definition) is 0. The van der Waals surface area contributed by atoms with E-state index in [1.807, 2.05) is 0 Å². The van der Waals surface area contributed by atoms with Gasteiger partial charge in [-0.15, -0.1) is 0 Å². The summed E-state index contributed by atoms with van der Waals surface area (Å²) in [4.78, 5) is 30.3. The first-order chi connectivity index (χ1) is 8.36. The molecule has 1 rings (SSSR count). The van der Waals surface area contributed by atoms with Gasteiger partial charge in [0, 0.05) is 21.1 Å². The van der Waals surface area contributed by atoms with E-state index in [0.29, 0.717) is 5.13 Å². The zero-order valence-corrected chi connectivity index (χ0v) is 12.1. The number of likely N-dealkylation sites (N-methyl/N-ethyl adjacent to an activating group) is 2. The van der Waals surface area contributed by atoms with Crippen molar-refractivity contribution in [1.82, 2.24) is 9.88 Å². The molecule has 0 radical (unpaired) electrons. The summed E-state index contributed by atoms with van der Waals surface area (Å²) in [7, 11) is 6.32. The normalized spacial score (nSPS) is 10.1. The molecule has 0 spiro atoms. The largest absolute Gasteiger partial charge is 0.465 e. The first-order valence-electron chi connectivity index (χ1n) is 5.02. The number of esters is 1. The predicted octanol–water partition coefficient (Wildman–Crippen LogP) is 1.11. The minimum absolute atomic E-state index is 0.0663. The van der Waals surface area contributed by atoms with E-state index >= 15 is 0 Å². The quantitative estimate of drug-likeness (QED) is 0.778. The highest BCUT2D eigenvalue weighted by Gasteiger charge is 2.20. The Hall–Kier alpha value is -1.34. The topological polar surface area (TPSA) is 62.7 Å². The minimum atomic E-state index is -0.531. The number of thiazole rings is 1. The third-order valence-electron chi connectivity index (χ3n) is 2.14. The lowest BCUT2D eigenvalue weighted by Crippen LogP contribution is -2.34. The van der Waals surface area contributed by atoms with Crippen LogP contribution in [-0.2, 0) is 9.53 Å². The Balaban J connectivity index is 2.84. The first-order valence-corrected chi connectivity index (χ1v) is 6.22. The maximum Gasteiger partial charge on any atom is 0.351 e. The van der Waals surface area contributed by atoms with E-state index in [0.717, 1.165) is 11.3 Å². The van der Waals surface area contributed by atoms with Gasteiger partial charge in [0.2, 0.25) is 5.91 Å². The number of rotatable bonds is 4. The molecule has 6 nitrogen and oxygen atoms in total. The molecule has 0 fully saturated rings. The summed E-state index contributed by atoms with van der Waals surface area (Å²) in [5.41, 5.74) is 0. The van der Waals surface area contributed by atoms with Crippen molar-refractivity contribution >= 4 is 39.9 Å². The van der Waals surface area contributed by atoms with Crippen molar-refractivity contribution in [3.8, 4) is 0 Å². The van der Waals surface area contributed by atoms with Gasteiger partial charge in [0.1, 0.15) is 0 Å². The van der Waals surface area contributed by atoms with Crippen LogP contribution in [0.2, 0.25) is 5.15 Å². The summed E-state index contributed by atoms with van der Waals surface area (Å²) in [6.07, 6.45) is 0. The van der Waals surface area contributed by atoms with Crippen molar-refractivity contribution in [2.24, 2.45) is 0 Å². The SMILES string of the molecule is COC(=O)c1sc(N(C)CC(=O)N(C)C)nc1Cl. The van der Waals surface area contributed by atoms with Gasteiger partial charge in [-0.05, 0) is 0 Å². The molecule has 100 valence electrons. The summed E-state index contributed by atoms with van der Waals surface area (Å²) < 4.78 is 4.58. The Morgan fingerprint density at radius 3 is 2.50 bits per heavy atom. The number of amides is 1. The monoisotopic (exact) mass is 291 g/mol. The van der Waals surface area contributed by atoms with E-state index in [9.17, 15) is 9.59 Å². The number of aromatic nitrogens is 1. The predicted molar refractivity (Wildman–Crippen MR) is 70.4 cm³/mol. The Kier molecular flexibility index (Phi) is 4.92. The number of carbonyl (C=O) groups is 2. The average Bonchev–Trinajstić information content (AvgIpc) is 2.70. The number of methoxy groups -OCH3 is 1. The highest BCUT2D eigenvalue weighted by atomic mass is 35.5. The molecular formula is C10H14ClN3O3S. The maximum atomic E-state index is 11.5. The molecule has 0 bridgehead atoms. The van der Waals surface area contributed by atoms with Gasteiger partial charge in [-0.2, -0.15) is 0 Å². The van der Waals surface area contributed by atoms with Crippen LogP contribution < -0.4 is 4.90 Å². The van der Waals surface area contributed by atoms with Gasteiger partial charge in [-0.25, -0.2) is 9.78 Å². The Labute approximate surface area is 114 Å². The van der Waals surface area contributed by atoms with Crippen LogP contribution in [0.5, 0.6) is 0 Å². The third kappa shape index (κ3) is 3.33. The second-order valence-corrected chi connectivity index (χ2v) is 5.09. The smallest absolute Gasteiger partial charge is 0.351 e. The van der Waals surface area contributed by atoms with Crippen LogP contribution in [0.3, 0.4) is 0 Å². The molecule has 1 aromatic rings. The van der Waals surface area contributed by atoms with Crippen molar-refractivity contribution in [2.75, 3.05) is 39.7 Å². The number of anilines is 1. The highest BCUT2D eigenvalue weighted by Crippen LogP contribution is 2.29. The summed E-state index contributed by atoms with van der Waals surface area (Å²) in [6.45, 7) is 0.164. The lowest BCUT2D eigenvalue weighted by atomic mass is 10.5. The summed E-state index contributed by atoms with van der Waals surface area (Å²) >= 11 is 6.93. The van der Waals surface area contributed by atoms with Crippen LogP contribution in [0.25, 0.3) is 0 Å². The van der Waals surface area contributed by atoms with Gasteiger partial charge in [0.05, 0.1) is 13.7 Å². The van der Waals surface area contributed by atoms with Crippen LogP contribution in [0.1, 0.15) is 9.67 Å². The number of hydrogen-bond acceptors (Lipinski definition) is 6. The number of ether oxygens (including phenoxy) is 1. The van der Waals surface area contributed by atoms with Crippen molar-refractivity contribution in [3.05, 3.63) is 10.0 Å². The van der Waals surface area contributed by atoms with Crippen LogP contribution in [0.15, 0.2) is 0 Å². The van der Waals surface area contributed by atoms with Gasteiger partial charge in [0.15, 0.2) is 15.2 Å². The van der Waals surface area contributed by atoms with E-state index in [1.54, 1.807) is 26.0 Å². The molecule has 0 aliphatic heterocycles. The van der Waals surface area contributed by atoms with Gasteiger partial charge < -0.3 is 14.5 Å². The molecule has 0 N–H and O–H groups in total. The van der Waals surface area contributed by atoms with Gasteiger partial charge in [-0.1, -0.05) is 22.9 Å². The maximum absolute atomic E-state index is 11.5. The van der Waals surface area contributed by atoms with E-state index in [-0.39, 0.29) is 22.5 Å². The fraction of sp³-hybridized carbons (Fsp3) is 0.500. The molecular weight excluding hydrogens is 278 g/mol. The van der Waals surface area contributed by atoms with E-state index < -0.39 is 5.97 Å².